The number of hydrogen-bond donors (Lipinski definition) is 3. The Kier molecular flexibility index (Phi) is 4.23. The molecule has 0 bridgehead atoms. The zero-order valence-electron chi connectivity index (χ0n) is 15.8. The first-order valence-corrected chi connectivity index (χ1v) is 9.42. The van der Waals surface area contributed by atoms with E-state index in [9.17, 15) is 5.11 Å². The van der Waals surface area contributed by atoms with Crippen LogP contribution in [0.3, 0.4) is 0 Å². The molecule has 2 N–H and O–H groups in total. The van der Waals surface area contributed by atoms with Crippen molar-refractivity contribution in [1.82, 2.24) is 19.7 Å². The van der Waals surface area contributed by atoms with Crippen LogP contribution in [0.25, 0.3) is 28.0 Å². The van der Waals surface area contributed by atoms with Crippen LogP contribution < -0.4 is 0 Å². The van der Waals surface area contributed by atoms with Gasteiger partial charge < -0.3 is 10.1 Å². The maximum absolute atomic E-state index is 10.1. The van der Waals surface area contributed by atoms with Crippen LogP contribution >= 0.6 is 12.6 Å². The van der Waals surface area contributed by atoms with Gasteiger partial charge in [-0.3, -0.25) is 4.57 Å². The Balaban J connectivity index is 1.95. The average molecular weight is 379 g/mol. The Morgan fingerprint density at radius 2 is 1.89 bits per heavy atom. The Hall–Kier alpha value is -2.73. The molecular weight excluding hydrogens is 356 g/mol. The van der Waals surface area contributed by atoms with Crippen molar-refractivity contribution in [3.8, 4) is 22.8 Å². The molecule has 0 aliphatic rings. The summed E-state index contributed by atoms with van der Waals surface area (Å²) in [7, 11) is 0. The van der Waals surface area contributed by atoms with Gasteiger partial charge in [0.05, 0.1) is 5.69 Å². The van der Waals surface area contributed by atoms with Crippen LogP contribution in [0, 0.1) is 20.8 Å². The van der Waals surface area contributed by atoms with Crippen molar-refractivity contribution in [2.45, 2.75) is 39.3 Å². The molecule has 6 heteroatoms. The van der Waals surface area contributed by atoms with E-state index < -0.39 is 0 Å². The maximum atomic E-state index is 10.1. The van der Waals surface area contributed by atoms with E-state index >= 15 is 0 Å². The van der Waals surface area contributed by atoms with Crippen LogP contribution in [-0.4, -0.2) is 24.9 Å². The van der Waals surface area contributed by atoms with Gasteiger partial charge in [-0.1, -0.05) is 6.92 Å². The smallest absolute Gasteiger partial charge is 0.193 e. The van der Waals surface area contributed by atoms with E-state index in [0.29, 0.717) is 10.9 Å². The zero-order chi connectivity index (χ0) is 19.3. The summed E-state index contributed by atoms with van der Waals surface area (Å²) in [6, 6.07) is 10.0. The molecule has 0 saturated carbocycles. The van der Waals surface area contributed by atoms with Gasteiger partial charge in [-0.05, 0) is 74.2 Å². The van der Waals surface area contributed by atoms with E-state index in [4.69, 9.17) is 0 Å². The molecule has 5 nitrogen and oxygen atoms in total. The summed E-state index contributed by atoms with van der Waals surface area (Å²) in [6.45, 7) is 8.18. The minimum Gasteiger partial charge on any atom is -0.508 e. The van der Waals surface area contributed by atoms with Gasteiger partial charge in [-0.15, -0.1) is 22.8 Å². The molecule has 0 aliphatic heterocycles. The van der Waals surface area contributed by atoms with Crippen molar-refractivity contribution in [2.24, 2.45) is 0 Å². The predicted octanol–water partition coefficient (Wildman–Crippen LogP) is 4.90. The quantitative estimate of drug-likeness (QED) is 0.444. The number of aromatic hydroxyl groups is 1. The summed E-state index contributed by atoms with van der Waals surface area (Å²) in [5.74, 6) is 1.03. The number of rotatable bonds is 3. The fourth-order valence-corrected chi connectivity index (χ4v) is 3.79. The van der Waals surface area contributed by atoms with Crippen LogP contribution in [0.1, 0.15) is 29.3 Å². The molecule has 138 valence electrons. The van der Waals surface area contributed by atoms with Crippen molar-refractivity contribution in [2.75, 3.05) is 0 Å². The average Bonchev–Trinajstić information content (AvgIpc) is 3.15. The normalized spacial score (nSPS) is 11.4. The lowest BCUT2D eigenvalue weighted by molar-refractivity contribution is 0.468. The molecule has 2 aromatic heterocycles. The number of fused-ring (bicyclic) bond motifs is 1. The van der Waals surface area contributed by atoms with Gasteiger partial charge in [0.1, 0.15) is 5.75 Å². The zero-order valence-corrected chi connectivity index (χ0v) is 16.7. The Morgan fingerprint density at radius 1 is 1.11 bits per heavy atom. The third-order valence-electron chi connectivity index (χ3n) is 5.24. The number of aromatic amines is 1. The molecule has 4 aromatic rings. The summed E-state index contributed by atoms with van der Waals surface area (Å²) in [6.07, 6.45) is 0.745. The van der Waals surface area contributed by atoms with Gasteiger partial charge in [0.25, 0.3) is 0 Å². The van der Waals surface area contributed by atoms with Crippen molar-refractivity contribution < 1.29 is 5.11 Å². The fraction of sp³-hybridized carbons (Fsp3) is 0.238. The third kappa shape index (κ3) is 2.80. The fourth-order valence-electron chi connectivity index (χ4n) is 3.54. The number of aryl methyl sites for hydroxylation is 4. The largest absolute Gasteiger partial charge is 0.508 e. The van der Waals surface area contributed by atoms with Crippen LogP contribution in [0.15, 0.2) is 35.5 Å². The van der Waals surface area contributed by atoms with Gasteiger partial charge in [0.2, 0.25) is 0 Å². The van der Waals surface area contributed by atoms with Gasteiger partial charge in [0, 0.05) is 22.2 Å². The minimum absolute atomic E-state index is 0.316. The van der Waals surface area contributed by atoms with E-state index in [-0.39, 0.29) is 0 Å². The lowest BCUT2D eigenvalue weighted by Gasteiger charge is -2.13. The number of nitrogens with one attached hydrogen (secondary N) is 1. The molecule has 27 heavy (non-hydrogen) atoms. The van der Waals surface area contributed by atoms with E-state index in [2.05, 4.69) is 53.8 Å². The van der Waals surface area contributed by atoms with Crippen LogP contribution in [-0.2, 0) is 6.42 Å². The van der Waals surface area contributed by atoms with E-state index in [1.54, 1.807) is 6.07 Å². The molecule has 0 amide bonds. The second kappa shape index (κ2) is 6.46. The number of H-pyrrole nitrogens is 1. The van der Waals surface area contributed by atoms with Crippen molar-refractivity contribution in [3.63, 3.8) is 0 Å². The molecule has 0 atom stereocenters. The molecule has 0 saturated heterocycles. The molecule has 0 fully saturated rings. The Labute approximate surface area is 163 Å². The lowest BCUT2D eigenvalue weighted by Crippen LogP contribution is -2.00. The molecule has 0 radical (unpaired) electrons. The van der Waals surface area contributed by atoms with Crippen molar-refractivity contribution in [3.05, 3.63) is 52.7 Å². The number of nitrogens with zero attached hydrogens (tertiary/aromatic N) is 3. The van der Waals surface area contributed by atoms with Gasteiger partial charge in [-0.2, -0.15) is 0 Å². The van der Waals surface area contributed by atoms with Gasteiger partial charge in [0.15, 0.2) is 11.0 Å². The molecule has 2 aromatic carbocycles. The predicted molar refractivity (Wildman–Crippen MR) is 111 cm³/mol. The highest BCUT2D eigenvalue weighted by molar-refractivity contribution is 7.80. The Bertz CT molecular complexity index is 1170. The topological polar surface area (TPSA) is 66.7 Å². The van der Waals surface area contributed by atoms with Crippen LogP contribution in [0.5, 0.6) is 5.75 Å². The highest BCUT2D eigenvalue weighted by Gasteiger charge is 2.18. The number of thiol groups is 1. The van der Waals surface area contributed by atoms with Gasteiger partial charge >= 0.3 is 0 Å². The number of phenolic OH excluding ortho intramolecular Hbond substituents is 1. The molecule has 0 spiro atoms. The van der Waals surface area contributed by atoms with Crippen molar-refractivity contribution in [1.29, 1.82) is 0 Å². The number of phenols is 1. The van der Waals surface area contributed by atoms with E-state index in [1.807, 2.05) is 30.5 Å². The lowest BCUT2D eigenvalue weighted by atomic mass is 10.0. The first-order valence-electron chi connectivity index (χ1n) is 8.97. The number of benzene rings is 2. The summed E-state index contributed by atoms with van der Waals surface area (Å²) >= 11 is 4.54. The summed E-state index contributed by atoms with van der Waals surface area (Å²) < 4.78 is 1.95. The summed E-state index contributed by atoms with van der Waals surface area (Å²) in [4.78, 5) is 3.40. The standard InChI is InChI=1S/C21H22N4OS/c1-5-14-9-16(11(2)8-19(14)26)20-23-24-21(27)25(20)15-6-7-18-17(10-15)12(3)13(4)22-18/h6-10,22,26H,5H2,1-4H3,(H,24,27). The van der Waals surface area contributed by atoms with Crippen molar-refractivity contribution >= 4 is 23.5 Å². The molecule has 0 aliphatic carbocycles. The first-order chi connectivity index (χ1) is 12.9. The van der Waals surface area contributed by atoms with E-state index in [0.717, 1.165) is 40.1 Å². The molecule has 2 heterocycles. The number of aromatic nitrogens is 4. The second-order valence-corrected chi connectivity index (χ2v) is 7.31. The maximum Gasteiger partial charge on any atom is 0.193 e. The monoisotopic (exact) mass is 378 g/mol. The molecular formula is C21H22N4OS. The third-order valence-corrected chi connectivity index (χ3v) is 5.53. The highest BCUT2D eigenvalue weighted by Crippen LogP contribution is 2.33. The second-order valence-electron chi connectivity index (χ2n) is 6.91. The Morgan fingerprint density at radius 3 is 2.63 bits per heavy atom. The first kappa shape index (κ1) is 17.7. The van der Waals surface area contributed by atoms with Crippen LogP contribution in [0.4, 0.5) is 0 Å². The number of hydrogen-bond acceptors (Lipinski definition) is 4. The molecule has 0 unspecified atom stereocenters. The SMILES string of the molecule is CCc1cc(-c2nnc(S)n2-c2ccc3[nH]c(C)c(C)c3c2)c(C)cc1O. The molecule has 4 rings (SSSR count). The summed E-state index contributed by atoms with van der Waals surface area (Å²) in [5, 5.41) is 20.4. The van der Waals surface area contributed by atoms with E-state index in [1.165, 1.54) is 16.6 Å². The summed E-state index contributed by atoms with van der Waals surface area (Å²) in [5.41, 5.74) is 7.24. The highest BCUT2D eigenvalue weighted by atomic mass is 32.1. The minimum atomic E-state index is 0.316. The van der Waals surface area contributed by atoms with Gasteiger partial charge in [-0.25, -0.2) is 0 Å². The van der Waals surface area contributed by atoms with Crippen LogP contribution in [0.2, 0.25) is 0 Å².